The Hall–Kier alpha value is -1.80. The lowest BCUT2D eigenvalue weighted by atomic mass is 10.3. The average molecular weight is 375 g/mol. The van der Waals surface area contributed by atoms with Crippen molar-refractivity contribution in [2.45, 2.75) is 4.90 Å². The van der Waals surface area contributed by atoms with E-state index in [0.717, 1.165) is 12.1 Å². The Morgan fingerprint density at radius 3 is 2.62 bits per heavy atom. The maximum Gasteiger partial charge on any atom is 0.264 e. The number of methoxy groups -OCH3 is 1. The second-order valence-corrected chi connectivity index (χ2v) is 6.64. The number of rotatable bonds is 4. The largest absolute Gasteiger partial charge is 0.497 e. The molecule has 0 saturated carbocycles. The molecule has 0 atom stereocenters. The van der Waals surface area contributed by atoms with E-state index in [0.29, 0.717) is 10.2 Å². The summed E-state index contributed by atoms with van der Waals surface area (Å²) in [5.41, 5.74) is 5.82. The zero-order chi connectivity index (χ0) is 15.6. The van der Waals surface area contributed by atoms with Gasteiger partial charge in [-0.25, -0.2) is 12.8 Å². The van der Waals surface area contributed by atoms with Crippen LogP contribution in [0.2, 0.25) is 0 Å². The molecule has 0 spiro atoms. The number of halogens is 2. The van der Waals surface area contributed by atoms with Crippen LogP contribution in [0.3, 0.4) is 0 Å². The molecule has 0 aliphatic carbocycles. The smallest absolute Gasteiger partial charge is 0.264 e. The lowest BCUT2D eigenvalue weighted by Crippen LogP contribution is -2.15. The number of benzene rings is 2. The molecule has 0 amide bonds. The van der Waals surface area contributed by atoms with E-state index in [1.165, 1.54) is 19.2 Å². The highest BCUT2D eigenvalue weighted by molar-refractivity contribution is 9.10. The first-order chi connectivity index (χ1) is 9.83. The van der Waals surface area contributed by atoms with Crippen molar-refractivity contribution in [2.75, 3.05) is 17.6 Å². The third-order valence-electron chi connectivity index (χ3n) is 2.68. The van der Waals surface area contributed by atoms with Gasteiger partial charge in [-0.1, -0.05) is 0 Å². The summed E-state index contributed by atoms with van der Waals surface area (Å²) in [7, 11) is -2.55. The van der Waals surface area contributed by atoms with Crippen molar-refractivity contribution in [1.82, 2.24) is 0 Å². The molecule has 8 heteroatoms. The fourth-order valence-electron chi connectivity index (χ4n) is 1.65. The van der Waals surface area contributed by atoms with Crippen LogP contribution in [0.25, 0.3) is 0 Å². The minimum atomic E-state index is -4.01. The van der Waals surface area contributed by atoms with Gasteiger partial charge in [-0.3, -0.25) is 4.72 Å². The number of hydrogen-bond donors (Lipinski definition) is 2. The Labute approximate surface area is 130 Å². The number of anilines is 2. The van der Waals surface area contributed by atoms with Gasteiger partial charge >= 0.3 is 0 Å². The van der Waals surface area contributed by atoms with Gasteiger partial charge in [-0.05, 0) is 46.3 Å². The van der Waals surface area contributed by atoms with Crippen molar-refractivity contribution in [1.29, 1.82) is 0 Å². The molecule has 112 valence electrons. The van der Waals surface area contributed by atoms with Crippen LogP contribution < -0.4 is 15.2 Å². The molecule has 0 heterocycles. The zero-order valence-electron chi connectivity index (χ0n) is 10.9. The van der Waals surface area contributed by atoms with Gasteiger partial charge in [0.05, 0.1) is 18.5 Å². The Bertz CT molecular complexity index is 781. The van der Waals surface area contributed by atoms with Crippen molar-refractivity contribution in [2.24, 2.45) is 0 Å². The van der Waals surface area contributed by atoms with Crippen molar-refractivity contribution in [3.8, 4) is 5.75 Å². The quantitative estimate of drug-likeness (QED) is 0.806. The van der Waals surface area contributed by atoms with Crippen LogP contribution in [0.4, 0.5) is 15.8 Å². The number of nitrogens with one attached hydrogen (secondary N) is 1. The normalized spacial score (nSPS) is 11.2. The van der Waals surface area contributed by atoms with Gasteiger partial charge in [0.2, 0.25) is 0 Å². The number of hydrogen-bond acceptors (Lipinski definition) is 4. The van der Waals surface area contributed by atoms with Crippen LogP contribution in [-0.4, -0.2) is 15.5 Å². The van der Waals surface area contributed by atoms with Crippen molar-refractivity contribution in [3.63, 3.8) is 0 Å². The highest BCUT2D eigenvalue weighted by atomic mass is 79.9. The van der Waals surface area contributed by atoms with Crippen LogP contribution in [0.1, 0.15) is 0 Å². The van der Waals surface area contributed by atoms with Gasteiger partial charge in [0, 0.05) is 10.5 Å². The van der Waals surface area contributed by atoms with E-state index < -0.39 is 15.8 Å². The van der Waals surface area contributed by atoms with Crippen LogP contribution in [0.5, 0.6) is 5.75 Å². The molecule has 2 rings (SSSR count). The fraction of sp³-hybridized carbons (Fsp3) is 0.0769. The van der Waals surface area contributed by atoms with Crippen molar-refractivity contribution in [3.05, 3.63) is 46.7 Å². The van der Waals surface area contributed by atoms with Gasteiger partial charge in [0.1, 0.15) is 16.5 Å². The molecule has 0 fully saturated rings. The van der Waals surface area contributed by atoms with Gasteiger partial charge in [-0.2, -0.15) is 0 Å². The molecule has 3 N–H and O–H groups in total. The number of nitrogens with two attached hydrogens (primary N) is 1. The Morgan fingerprint density at radius 1 is 1.24 bits per heavy atom. The van der Waals surface area contributed by atoms with Crippen molar-refractivity contribution >= 4 is 37.3 Å². The monoisotopic (exact) mass is 374 g/mol. The lowest BCUT2D eigenvalue weighted by Gasteiger charge is -2.12. The molecule has 21 heavy (non-hydrogen) atoms. The number of sulfonamides is 1. The summed E-state index contributed by atoms with van der Waals surface area (Å²) in [5, 5.41) is 0. The average Bonchev–Trinajstić information content (AvgIpc) is 2.43. The SMILES string of the molecule is COc1ccc(Br)c(NS(=O)(=O)c2cc(F)ccc2N)c1. The molecule has 0 unspecified atom stereocenters. The summed E-state index contributed by atoms with van der Waals surface area (Å²) in [4.78, 5) is -0.322. The van der Waals surface area contributed by atoms with E-state index in [4.69, 9.17) is 10.5 Å². The van der Waals surface area contributed by atoms with E-state index in [9.17, 15) is 12.8 Å². The summed E-state index contributed by atoms with van der Waals surface area (Å²) in [6.07, 6.45) is 0. The first kappa shape index (κ1) is 15.6. The molecule has 0 bridgehead atoms. The molecular weight excluding hydrogens is 363 g/mol. The zero-order valence-corrected chi connectivity index (χ0v) is 13.3. The minimum absolute atomic E-state index is 0.0390. The summed E-state index contributed by atoms with van der Waals surface area (Å²) in [6.45, 7) is 0. The molecule has 0 radical (unpaired) electrons. The fourth-order valence-corrected chi connectivity index (χ4v) is 3.34. The number of ether oxygens (including phenoxy) is 1. The van der Waals surface area contributed by atoms with Gasteiger partial charge in [-0.15, -0.1) is 0 Å². The van der Waals surface area contributed by atoms with E-state index in [1.54, 1.807) is 12.1 Å². The third kappa shape index (κ3) is 3.45. The predicted molar refractivity (Wildman–Crippen MR) is 82.3 cm³/mol. The Balaban J connectivity index is 2.44. The first-order valence-corrected chi connectivity index (χ1v) is 8.02. The van der Waals surface area contributed by atoms with E-state index >= 15 is 0 Å². The second-order valence-electron chi connectivity index (χ2n) is 4.13. The third-order valence-corrected chi connectivity index (χ3v) is 4.80. The topological polar surface area (TPSA) is 81.4 Å². The molecule has 2 aromatic carbocycles. The van der Waals surface area contributed by atoms with Crippen LogP contribution in [-0.2, 0) is 10.0 Å². The highest BCUT2D eigenvalue weighted by Gasteiger charge is 2.20. The molecule has 0 aliphatic rings. The van der Waals surface area contributed by atoms with Crippen LogP contribution in [0, 0.1) is 5.82 Å². The lowest BCUT2D eigenvalue weighted by molar-refractivity contribution is 0.415. The highest BCUT2D eigenvalue weighted by Crippen LogP contribution is 2.30. The standard InChI is InChI=1S/C13H12BrFN2O3S/c1-20-9-3-4-10(14)12(7-9)17-21(18,19)13-6-8(15)2-5-11(13)16/h2-7,17H,16H2,1H3. The molecule has 2 aromatic rings. The van der Waals surface area contributed by atoms with Gasteiger partial charge < -0.3 is 10.5 Å². The molecule has 0 saturated heterocycles. The number of nitrogen functional groups attached to an aromatic ring is 1. The van der Waals surface area contributed by atoms with Gasteiger partial charge in [0.15, 0.2) is 0 Å². The molecule has 0 aliphatic heterocycles. The van der Waals surface area contributed by atoms with E-state index in [-0.39, 0.29) is 16.3 Å². The van der Waals surface area contributed by atoms with E-state index in [1.807, 2.05) is 0 Å². The van der Waals surface area contributed by atoms with Crippen LogP contribution >= 0.6 is 15.9 Å². The summed E-state index contributed by atoms with van der Waals surface area (Å²) in [5.74, 6) is -0.211. The first-order valence-electron chi connectivity index (χ1n) is 5.75. The molecule has 0 aromatic heterocycles. The van der Waals surface area contributed by atoms with Gasteiger partial charge in [0.25, 0.3) is 10.0 Å². The van der Waals surface area contributed by atoms with Crippen LogP contribution in [0.15, 0.2) is 45.8 Å². The predicted octanol–water partition coefficient (Wildman–Crippen LogP) is 2.98. The minimum Gasteiger partial charge on any atom is -0.497 e. The summed E-state index contributed by atoms with van der Waals surface area (Å²) >= 11 is 3.23. The summed E-state index contributed by atoms with van der Waals surface area (Å²) in [6, 6.07) is 7.95. The summed E-state index contributed by atoms with van der Waals surface area (Å²) < 4.78 is 45.7. The van der Waals surface area contributed by atoms with E-state index in [2.05, 4.69) is 20.7 Å². The Morgan fingerprint density at radius 2 is 1.95 bits per heavy atom. The van der Waals surface area contributed by atoms with Crippen molar-refractivity contribution < 1.29 is 17.5 Å². The molecule has 5 nitrogen and oxygen atoms in total. The Kier molecular flexibility index (Phi) is 4.38. The second kappa shape index (κ2) is 5.90. The maximum atomic E-state index is 13.2. The molecular formula is C13H12BrFN2O3S. The maximum absolute atomic E-state index is 13.2.